The Kier molecular flexibility index (Phi) is 8.26. The number of hydrogen-bond donors (Lipinski definition) is 1. The molecule has 3 aromatic rings. The van der Waals surface area contributed by atoms with Gasteiger partial charge in [0.05, 0.1) is 25.5 Å². The number of nitrogens with one attached hydrogen (secondary N) is 1. The number of ether oxygens (including phenoxy) is 2. The smallest absolute Gasteiger partial charge is 0.257 e. The largest absolute Gasteiger partial charge is 0.493 e. The maximum absolute atomic E-state index is 13.2. The molecule has 0 saturated heterocycles. The Hall–Kier alpha value is -3.03. The van der Waals surface area contributed by atoms with Crippen LogP contribution in [0.15, 0.2) is 54.7 Å². The van der Waals surface area contributed by atoms with Gasteiger partial charge in [0, 0.05) is 31.9 Å². The molecule has 0 saturated carbocycles. The van der Waals surface area contributed by atoms with E-state index in [2.05, 4.69) is 5.32 Å². The number of methoxy groups -OCH3 is 2. The first kappa shape index (κ1) is 23.3. The second-order valence-electron chi connectivity index (χ2n) is 6.57. The molecule has 2 aromatic carbocycles. The molecular formula is C22H27ClN4O3. The van der Waals surface area contributed by atoms with E-state index in [0.29, 0.717) is 35.8 Å². The van der Waals surface area contributed by atoms with Crippen molar-refractivity contribution in [2.45, 2.75) is 0 Å². The first-order valence-electron chi connectivity index (χ1n) is 9.36. The fraction of sp³-hybridized carbons (Fsp3) is 0.273. The number of amides is 1. The molecule has 0 fully saturated rings. The minimum Gasteiger partial charge on any atom is -0.493 e. The Morgan fingerprint density at radius 2 is 1.80 bits per heavy atom. The summed E-state index contributed by atoms with van der Waals surface area (Å²) < 4.78 is 12.5. The molecule has 0 atom stereocenters. The van der Waals surface area contributed by atoms with Crippen LogP contribution in [0.25, 0.3) is 16.9 Å². The number of benzene rings is 2. The predicted molar refractivity (Wildman–Crippen MR) is 120 cm³/mol. The van der Waals surface area contributed by atoms with E-state index in [1.807, 2.05) is 55.6 Å². The molecule has 0 radical (unpaired) electrons. The molecule has 0 spiro atoms. The molecular weight excluding hydrogens is 404 g/mol. The van der Waals surface area contributed by atoms with Gasteiger partial charge in [0.1, 0.15) is 5.69 Å². The SMILES string of the molecule is CNCCN(C)C(=O)c1cn(-c2ccccc2)nc1-c1ccc(OC)c(OC)c1.Cl. The maximum atomic E-state index is 13.2. The summed E-state index contributed by atoms with van der Waals surface area (Å²) in [7, 11) is 6.83. The normalized spacial score (nSPS) is 10.3. The summed E-state index contributed by atoms with van der Waals surface area (Å²) in [5.74, 6) is 1.12. The summed E-state index contributed by atoms with van der Waals surface area (Å²) in [5, 5.41) is 7.79. The third-order valence-corrected chi connectivity index (χ3v) is 4.67. The molecule has 1 amide bonds. The highest BCUT2D eigenvalue weighted by molar-refractivity contribution is 6.00. The minimum absolute atomic E-state index is 0. The average Bonchev–Trinajstić information content (AvgIpc) is 3.22. The lowest BCUT2D eigenvalue weighted by Crippen LogP contribution is -2.32. The van der Waals surface area contributed by atoms with Crippen LogP contribution in [0, 0.1) is 0 Å². The lowest BCUT2D eigenvalue weighted by Gasteiger charge is -2.17. The van der Waals surface area contributed by atoms with E-state index >= 15 is 0 Å². The van der Waals surface area contributed by atoms with E-state index in [0.717, 1.165) is 11.3 Å². The van der Waals surface area contributed by atoms with E-state index in [4.69, 9.17) is 14.6 Å². The van der Waals surface area contributed by atoms with Crippen LogP contribution < -0.4 is 14.8 Å². The van der Waals surface area contributed by atoms with Crippen LogP contribution in [0.3, 0.4) is 0 Å². The van der Waals surface area contributed by atoms with Crippen molar-refractivity contribution in [2.24, 2.45) is 0 Å². The third kappa shape index (κ3) is 4.93. The van der Waals surface area contributed by atoms with Crippen LogP contribution in [0.5, 0.6) is 11.5 Å². The summed E-state index contributed by atoms with van der Waals surface area (Å²) in [6, 6.07) is 15.2. The fourth-order valence-corrected chi connectivity index (χ4v) is 3.03. The van der Waals surface area contributed by atoms with Crippen molar-refractivity contribution in [2.75, 3.05) is 41.4 Å². The molecule has 1 aromatic heterocycles. The second-order valence-corrected chi connectivity index (χ2v) is 6.57. The summed E-state index contributed by atoms with van der Waals surface area (Å²) in [4.78, 5) is 14.8. The number of carbonyl (C=O) groups excluding carboxylic acids is 1. The third-order valence-electron chi connectivity index (χ3n) is 4.67. The predicted octanol–water partition coefficient (Wildman–Crippen LogP) is 3.27. The molecule has 1 heterocycles. The van der Waals surface area contributed by atoms with E-state index in [9.17, 15) is 4.79 Å². The Labute approximate surface area is 183 Å². The Bertz CT molecular complexity index is 976. The van der Waals surface area contributed by atoms with Crippen LogP contribution in [0.4, 0.5) is 0 Å². The minimum atomic E-state index is -0.0905. The number of nitrogens with zero attached hydrogens (tertiary/aromatic N) is 3. The van der Waals surface area contributed by atoms with Gasteiger partial charge in [-0.05, 0) is 37.4 Å². The van der Waals surface area contributed by atoms with Gasteiger partial charge in [0.25, 0.3) is 5.91 Å². The molecule has 1 N–H and O–H groups in total. The van der Waals surface area contributed by atoms with Gasteiger partial charge in [-0.2, -0.15) is 5.10 Å². The summed E-state index contributed by atoms with van der Waals surface area (Å²) >= 11 is 0. The Morgan fingerprint density at radius 1 is 1.10 bits per heavy atom. The highest BCUT2D eigenvalue weighted by atomic mass is 35.5. The van der Waals surface area contributed by atoms with E-state index in [1.54, 1.807) is 37.0 Å². The quantitative estimate of drug-likeness (QED) is 0.594. The molecule has 0 unspecified atom stereocenters. The number of carbonyl (C=O) groups is 1. The first-order chi connectivity index (χ1) is 14.1. The molecule has 3 rings (SSSR count). The molecule has 0 aliphatic heterocycles. The number of hydrogen-bond acceptors (Lipinski definition) is 5. The lowest BCUT2D eigenvalue weighted by molar-refractivity contribution is 0.0797. The van der Waals surface area contributed by atoms with Crippen LogP contribution in [0.2, 0.25) is 0 Å². The molecule has 0 aliphatic rings. The molecule has 160 valence electrons. The average molecular weight is 431 g/mol. The van der Waals surface area contributed by atoms with Gasteiger partial charge in [-0.3, -0.25) is 4.79 Å². The maximum Gasteiger partial charge on any atom is 0.257 e. The van der Waals surface area contributed by atoms with Gasteiger partial charge in [-0.15, -0.1) is 12.4 Å². The molecule has 0 aliphatic carbocycles. The van der Waals surface area contributed by atoms with E-state index < -0.39 is 0 Å². The number of rotatable bonds is 8. The summed E-state index contributed by atoms with van der Waals surface area (Å²) in [6.45, 7) is 1.30. The summed E-state index contributed by atoms with van der Waals surface area (Å²) in [6.07, 6.45) is 1.78. The fourth-order valence-electron chi connectivity index (χ4n) is 3.03. The van der Waals surface area contributed by atoms with Crippen molar-refractivity contribution < 1.29 is 14.3 Å². The second kappa shape index (κ2) is 10.7. The van der Waals surface area contributed by atoms with Crippen LogP contribution in [-0.4, -0.2) is 62.0 Å². The standard InChI is InChI=1S/C22H26N4O3.ClH/c1-23-12-13-25(2)22(27)18-15-26(17-8-6-5-7-9-17)24-21(18)16-10-11-19(28-3)20(14-16)29-4;/h5-11,14-15,23H,12-13H2,1-4H3;1H. The van der Waals surface area contributed by atoms with Crippen LogP contribution in [0.1, 0.15) is 10.4 Å². The molecule has 7 nitrogen and oxygen atoms in total. The molecule has 8 heteroatoms. The highest BCUT2D eigenvalue weighted by Gasteiger charge is 2.22. The highest BCUT2D eigenvalue weighted by Crippen LogP contribution is 2.33. The van der Waals surface area contributed by atoms with Gasteiger partial charge in [0.15, 0.2) is 11.5 Å². The Balaban J connectivity index is 0.00000320. The van der Waals surface area contributed by atoms with Gasteiger partial charge < -0.3 is 19.7 Å². The van der Waals surface area contributed by atoms with Crippen LogP contribution in [-0.2, 0) is 0 Å². The van der Waals surface area contributed by atoms with Crippen molar-refractivity contribution >= 4 is 18.3 Å². The van der Waals surface area contributed by atoms with E-state index in [-0.39, 0.29) is 18.3 Å². The molecule has 0 bridgehead atoms. The van der Waals surface area contributed by atoms with Crippen molar-refractivity contribution in [3.8, 4) is 28.4 Å². The monoisotopic (exact) mass is 430 g/mol. The zero-order chi connectivity index (χ0) is 20.8. The van der Waals surface area contributed by atoms with Gasteiger partial charge in [-0.25, -0.2) is 4.68 Å². The van der Waals surface area contributed by atoms with Crippen molar-refractivity contribution in [3.63, 3.8) is 0 Å². The van der Waals surface area contributed by atoms with Crippen molar-refractivity contribution in [1.29, 1.82) is 0 Å². The zero-order valence-corrected chi connectivity index (χ0v) is 18.4. The Morgan fingerprint density at radius 3 is 2.43 bits per heavy atom. The number of likely N-dealkylation sites (N-methyl/N-ethyl adjacent to an activating group) is 2. The lowest BCUT2D eigenvalue weighted by atomic mass is 10.1. The topological polar surface area (TPSA) is 68.6 Å². The first-order valence-corrected chi connectivity index (χ1v) is 9.36. The van der Waals surface area contributed by atoms with Crippen molar-refractivity contribution in [3.05, 3.63) is 60.3 Å². The van der Waals surface area contributed by atoms with E-state index in [1.165, 1.54) is 0 Å². The van der Waals surface area contributed by atoms with Gasteiger partial charge >= 0.3 is 0 Å². The van der Waals surface area contributed by atoms with Crippen molar-refractivity contribution in [1.82, 2.24) is 20.0 Å². The molecule has 30 heavy (non-hydrogen) atoms. The number of aromatic nitrogens is 2. The number of halogens is 1. The van der Waals surface area contributed by atoms with Gasteiger partial charge in [0.2, 0.25) is 0 Å². The van der Waals surface area contributed by atoms with Crippen LogP contribution >= 0.6 is 12.4 Å². The van der Waals surface area contributed by atoms with Gasteiger partial charge in [-0.1, -0.05) is 18.2 Å². The number of para-hydroxylation sites is 1. The summed E-state index contributed by atoms with van der Waals surface area (Å²) in [5.41, 5.74) is 2.78. The zero-order valence-electron chi connectivity index (χ0n) is 17.6.